The van der Waals surface area contributed by atoms with Crippen LogP contribution in [-0.4, -0.2) is 20.6 Å². The van der Waals surface area contributed by atoms with E-state index in [0.29, 0.717) is 23.9 Å². The molecule has 0 saturated heterocycles. The Morgan fingerprint density at radius 3 is 2.00 bits per heavy atom. The molecule has 0 bridgehead atoms. The first kappa shape index (κ1) is 29.7. The van der Waals surface area contributed by atoms with Gasteiger partial charge in [0.25, 0.3) is 0 Å². The number of nitrogens with zero attached hydrogens (tertiary/aromatic N) is 4. The number of furan rings is 1. The topological polar surface area (TPSA) is 73.5 Å². The van der Waals surface area contributed by atoms with Crippen molar-refractivity contribution in [1.82, 2.24) is 15.0 Å². The summed E-state index contributed by atoms with van der Waals surface area (Å²) in [5, 5.41) is 2.08. The molecular weight excluding hydrogens is 657 g/mol. The molecule has 53 heavy (non-hydrogen) atoms. The fourth-order valence-electron chi connectivity index (χ4n) is 7.79. The molecule has 0 fully saturated rings. The summed E-state index contributed by atoms with van der Waals surface area (Å²) in [6.45, 7) is 2.15. The maximum atomic E-state index is 6.46. The lowest BCUT2D eigenvalue weighted by Crippen LogP contribution is -2.30. The highest BCUT2D eigenvalue weighted by atomic mass is 16.5. The molecule has 0 amide bonds. The minimum Gasteiger partial charge on any atom is -0.482 e. The zero-order valence-electron chi connectivity index (χ0n) is 28.7. The SMILES string of the molecule is CC12CC=C(c3nc(-c4ccc(N5c6ccccc6Oc6ccccc65)cc4)nc(-c4ccc5oc6ccccc6c5c4)n3)C=C1c1ccccc1O2. The van der Waals surface area contributed by atoms with Gasteiger partial charge in [0, 0.05) is 50.7 Å². The van der Waals surface area contributed by atoms with Crippen LogP contribution in [0.2, 0.25) is 0 Å². The number of allylic oxidation sites excluding steroid dienone is 2. The Hall–Kier alpha value is -6.99. The van der Waals surface area contributed by atoms with E-state index in [1.54, 1.807) is 0 Å². The molecule has 0 N–H and O–H groups in total. The van der Waals surface area contributed by atoms with Crippen LogP contribution in [0.25, 0.3) is 55.9 Å². The maximum Gasteiger partial charge on any atom is 0.164 e. The molecule has 7 heteroatoms. The van der Waals surface area contributed by atoms with Crippen LogP contribution in [0.15, 0.2) is 156 Å². The summed E-state index contributed by atoms with van der Waals surface area (Å²) < 4.78 is 18.9. The molecule has 3 aliphatic rings. The summed E-state index contributed by atoms with van der Waals surface area (Å²) in [7, 11) is 0. The zero-order chi connectivity index (χ0) is 35.1. The van der Waals surface area contributed by atoms with E-state index in [4.69, 9.17) is 28.8 Å². The summed E-state index contributed by atoms with van der Waals surface area (Å²) in [4.78, 5) is 17.6. The Morgan fingerprint density at radius 1 is 0.585 bits per heavy atom. The first-order valence-electron chi connectivity index (χ1n) is 17.7. The van der Waals surface area contributed by atoms with Gasteiger partial charge in [-0.25, -0.2) is 15.0 Å². The fourth-order valence-corrected chi connectivity index (χ4v) is 7.79. The van der Waals surface area contributed by atoms with E-state index in [2.05, 4.69) is 84.6 Å². The van der Waals surface area contributed by atoms with E-state index in [0.717, 1.165) is 84.1 Å². The Morgan fingerprint density at radius 2 is 1.21 bits per heavy atom. The van der Waals surface area contributed by atoms with Gasteiger partial charge in [0.15, 0.2) is 29.0 Å². The Kier molecular flexibility index (Phi) is 6.31. The molecule has 7 nitrogen and oxygen atoms in total. The Bertz CT molecular complexity index is 2810. The second-order valence-corrected chi connectivity index (χ2v) is 13.8. The van der Waals surface area contributed by atoms with E-state index in [9.17, 15) is 0 Å². The number of aromatic nitrogens is 3. The molecule has 8 aromatic rings. The second kappa shape index (κ2) is 11.3. The van der Waals surface area contributed by atoms with Crippen LogP contribution in [0.5, 0.6) is 17.2 Å². The maximum absolute atomic E-state index is 6.46. The first-order valence-corrected chi connectivity index (χ1v) is 17.7. The molecule has 1 aliphatic carbocycles. The highest BCUT2D eigenvalue weighted by Crippen LogP contribution is 2.51. The van der Waals surface area contributed by atoms with E-state index in [-0.39, 0.29) is 0 Å². The predicted octanol–water partition coefficient (Wildman–Crippen LogP) is 11.7. The molecular formula is C46H30N4O3. The summed E-state index contributed by atoms with van der Waals surface area (Å²) in [5.41, 5.74) is 9.14. The van der Waals surface area contributed by atoms with Gasteiger partial charge in [0.2, 0.25) is 0 Å². The molecule has 11 rings (SSSR count). The summed E-state index contributed by atoms with van der Waals surface area (Å²) in [5.74, 6) is 4.32. The molecule has 1 unspecified atom stereocenters. The van der Waals surface area contributed by atoms with Crippen molar-refractivity contribution in [2.75, 3.05) is 4.90 Å². The van der Waals surface area contributed by atoms with Crippen LogP contribution in [0, 0.1) is 0 Å². The highest BCUT2D eigenvalue weighted by molar-refractivity contribution is 6.06. The average molecular weight is 687 g/mol. The lowest BCUT2D eigenvalue weighted by Gasteiger charge is -2.32. The van der Waals surface area contributed by atoms with Gasteiger partial charge in [-0.1, -0.05) is 66.7 Å². The molecule has 0 radical (unpaired) electrons. The zero-order valence-corrected chi connectivity index (χ0v) is 28.7. The third-order valence-corrected chi connectivity index (χ3v) is 10.4. The molecule has 2 aliphatic heterocycles. The van der Waals surface area contributed by atoms with Crippen molar-refractivity contribution in [2.45, 2.75) is 18.9 Å². The Balaban J connectivity index is 1.05. The number of hydrogen-bond acceptors (Lipinski definition) is 7. The van der Waals surface area contributed by atoms with Crippen LogP contribution >= 0.6 is 0 Å². The molecule has 0 saturated carbocycles. The van der Waals surface area contributed by atoms with Crippen molar-refractivity contribution in [3.63, 3.8) is 0 Å². The van der Waals surface area contributed by atoms with Gasteiger partial charge in [-0.15, -0.1) is 0 Å². The van der Waals surface area contributed by atoms with Crippen molar-refractivity contribution in [2.24, 2.45) is 0 Å². The number of fused-ring (bicyclic) bond motifs is 8. The standard InChI is InChI=1S/C46H30N4O3/c1-46-25-24-30(27-35(46)33-11-3-7-15-40(33)53-46)45-48-43(47-44(49-45)29-20-23-39-34(26-29)32-10-2-6-14-38(32)51-39)28-18-21-31(22-19-28)50-36-12-4-8-16-41(36)52-42-17-9-5-13-37(42)50/h2-24,26-27H,25H2,1H3. The predicted molar refractivity (Wildman–Crippen MR) is 209 cm³/mol. The van der Waals surface area contributed by atoms with Crippen LogP contribution < -0.4 is 14.4 Å². The van der Waals surface area contributed by atoms with Crippen LogP contribution in [-0.2, 0) is 0 Å². The van der Waals surface area contributed by atoms with Gasteiger partial charge in [0.1, 0.15) is 22.5 Å². The Labute approximate surface area is 305 Å². The van der Waals surface area contributed by atoms with E-state index < -0.39 is 5.60 Å². The molecule has 2 aromatic heterocycles. The van der Waals surface area contributed by atoms with Crippen LogP contribution in [0.1, 0.15) is 24.7 Å². The largest absolute Gasteiger partial charge is 0.482 e. The van der Waals surface area contributed by atoms with Gasteiger partial charge in [-0.3, -0.25) is 0 Å². The first-order chi connectivity index (χ1) is 26.1. The number of hydrogen-bond donors (Lipinski definition) is 0. The molecule has 0 spiro atoms. The molecule has 1 atom stereocenters. The third-order valence-electron chi connectivity index (χ3n) is 10.4. The smallest absolute Gasteiger partial charge is 0.164 e. The highest BCUT2D eigenvalue weighted by Gasteiger charge is 2.41. The van der Waals surface area contributed by atoms with Crippen molar-refractivity contribution in [3.05, 3.63) is 163 Å². The van der Waals surface area contributed by atoms with E-state index in [1.165, 1.54) is 0 Å². The van der Waals surface area contributed by atoms with Crippen molar-refractivity contribution in [3.8, 4) is 40.0 Å². The van der Waals surface area contributed by atoms with Gasteiger partial charge in [-0.05, 0) is 91.9 Å². The summed E-state index contributed by atoms with van der Waals surface area (Å²) in [6.07, 6.45) is 5.06. The lowest BCUT2D eigenvalue weighted by molar-refractivity contribution is 0.170. The van der Waals surface area contributed by atoms with Crippen LogP contribution in [0.3, 0.4) is 0 Å². The van der Waals surface area contributed by atoms with Gasteiger partial charge < -0.3 is 18.8 Å². The number of para-hydroxylation sites is 6. The van der Waals surface area contributed by atoms with Gasteiger partial charge >= 0.3 is 0 Å². The molecule has 6 aromatic carbocycles. The summed E-state index contributed by atoms with van der Waals surface area (Å²) >= 11 is 0. The molecule has 252 valence electrons. The lowest BCUT2D eigenvalue weighted by atomic mass is 9.83. The minimum atomic E-state index is -0.439. The second-order valence-electron chi connectivity index (χ2n) is 13.8. The normalized spacial score (nSPS) is 16.9. The van der Waals surface area contributed by atoms with Crippen molar-refractivity contribution < 1.29 is 13.9 Å². The van der Waals surface area contributed by atoms with E-state index in [1.807, 2.05) is 78.9 Å². The van der Waals surface area contributed by atoms with Crippen molar-refractivity contribution >= 4 is 50.1 Å². The van der Waals surface area contributed by atoms with E-state index >= 15 is 0 Å². The summed E-state index contributed by atoms with van der Waals surface area (Å²) in [6, 6.07) is 47.1. The number of ether oxygens (including phenoxy) is 2. The number of benzene rings is 6. The monoisotopic (exact) mass is 686 g/mol. The number of anilines is 3. The minimum absolute atomic E-state index is 0.439. The molecule has 4 heterocycles. The third kappa shape index (κ3) is 4.71. The van der Waals surface area contributed by atoms with Gasteiger partial charge in [-0.2, -0.15) is 0 Å². The fraction of sp³-hybridized carbons (Fsp3) is 0.0652. The number of rotatable bonds is 4. The van der Waals surface area contributed by atoms with Crippen molar-refractivity contribution in [1.29, 1.82) is 0 Å². The quantitative estimate of drug-likeness (QED) is 0.182. The average Bonchev–Trinajstić information content (AvgIpc) is 3.73. The van der Waals surface area contributed by atoms with Gasteiger partial charge in [0.05, 0.1) is 11.4 Å². The van der Waals surface area contributed by atoms with Crippen LogP contribution in [0.4, 0.5) is 17.1 Å².